The molecule has 0 aromatic heterocycles. The van der Waals surface area contributed by atoms with E-state index in [0.717, 1.165) is 28.3 Å². The highest BCUT2D eigenvalue weighted by Gasteiger charge is 2.05. The van der Waals surface area contributed by atoms with Crippen molar-refractivity contribution in [3.8, 4) is 0 Å². The average Bonchev–Trinajstić information content (AvgIpc) is 2.45. The summed E-state index contributed by atoms with van der Waals surface area (Å²) < 4.78 is 1.14. The summed E-state index contributed by atoms with van der Waals surface area (Å²) in [6.45, 7) is 4.01. The Bertz CT molecular complexity index is 574. The lowest BCUT2D eigenvalue weighted by Gasteiger charge is -2.08. The van der Waals surface area contributed by atoms with Gasteiger partial charge in [0.1, 0.15) is 0 Å². The monoisotopic (exact) mass is 369 g/mol. The molecule has 0 aliphatic heterocycles. The smallest absolute Gasteiger partial charge is 0.0446 e. The maximum absolute atomic E-state index is 6.18. The molecule has 106 valence electrons. The molecule has 0 fully saturated rings. The highest BCUT2D eigenvalue weighted by Crippen LogP contribution is 2.32. The van der Waals surface area contributed by atoms with Gasteiger partial charge in [-0.15, -0.1) is 11.8 Å². The number of halogens is 2. The van der Waals surface area contributed by atoms with Crippen molar-refractivity contribution in [2.45, 2.75) is 24.1 Å². The Kier molecular flexibility index (Phi) is 6.43. The molecule has 1 N–H and O–H groups in total. The fourth-order valence-electron chi connectivity index (χ4n) is 1.81. The zero-order valence-electron chi connectivity index (χ0n) is 11.3. The van der Waals surface area contributed by atoms with E-state index in [2.05, 4.69) is 52.4 Å². The summed E-state index contributed by atoms with van der Waals surface area (Å²) in [7, 11) is 0. The normalized spacial score (nSPS) is 10.8. The van der Waals surface area contributed by atoms with Crippen LogP contribution in [0.4, 0.5) is 0 Å². The Morgan fingerprint density at radius 3 is 2.70 bits per heavy atom. The number of rotatable bonds is 6. The molecule has 1 nitrogen and oxygen atoms in total. The van der Waals surface area contributed by atoms with Gasteiger partial charge in [0.25, 0.3) is 0 Å². The number of benzene rings is 2. The van der Waals surface area contributed by atoms with Crippen molar-refractivity contribution < 1.29 is 0 Å². The maximum atomic E-state index is 6.18. The minimum absolute atomic E-state index is 0.833. The van der Waals surface area contributed by atoms with Crippen LogP contribution in [0.2, 0.25) is 5.02 Å². The molecular formula is C16H17BrClNS. The molecule has 0 saturated heterocycles. The molecule has 0 amide bonds. The van der Waals surface area contributed by atoms with Crippen LogP contribution < -0.4 is 5.32 Å². The van der Waals surface area contributed by atoms with Crippen molar-refractivity contribution in [3.63, 3.8) is 0 Å². The molecule has 0 spiro atoms. The zero-order valence-corrected chi connectivity index (χ0v) is 14.5. The van der Waals surface area contributed by atoms with Gasteiger partial charge in [-0.05, 0) is 51.8 Å². The second kappa shape index (κ2) is 8.08. The molecule has 0 unspecified atom stereocenters. The lowest BCUT2D eigenvalue weighted by Crippen LogP contribution is -2.11. The van der Waals surface area contributed by atoms with E-state index in [0.29, 0.717) is 0 Å². The third-order valence-electron chi connectivity index (χ3n) is 2.92. The first-order valence-corrected chi connectivity index (χ1v) is 8.71. The highest BCUT2D eigenvalue weighted by atomic mass is 79.9. The van der Waals surface area contributed by atoms with Crippen LogP contribution in [0.15, 0.2) is 51.8 Å². The third kappa shape index (κ3) is 4.52. The Balaban J connectivity index is 2.01. The molecule has 2 aromatic carbocycles. The molecule has 0 heterocycles. The zero-order chi connectivity index (χ0) is 14.4. The second-order valence-electron chi connectivity index (χ2n) is 4.43. The van der Waals surface area contributed by atoms with Gasteiger partial charge in [0.15, 0.2) is 0 Å². The van der Waals surface area contributed by atoms with E-state index < -0.39 is 0 Å². The second-order valence-corrected chi connectivity index (χ2v) is 6.70. The average molecular weight is 371 g/mol. The number of thioether (sulfide) groups is 1. The molecule has 4 heteroatoms. The standard InChI is InChI=1S/C16H17BrClNS/c1-2-19-10-12-7-8-16(14(17)9-12)20-11-13-5-3-4-6-15(13)18/h3-9,19H,2,10-11H2,1H3. The van der Waals surface area contributed by atoms with Crippen LogP contribution >= 0.6 is 39.3 Å². The van der Waals surface area contributed by atoms with E-state index in [1.807, 2.05) is 18.2 Å². The summed E-state index contributed by atoms with van der Waals surface area (Å²) in [5.41, 5.74) is 2.46. The molecule has 0 aliphatic rings. The number of nitrogens with one attached hydrogen (secondary N) is 1. The topological polar surface area (TPSA) is 12.0 Å². The fourth-order valence-corrected chi connectivity index (χ4v) is 3.79. The quantitative estimate of drug-likeness (QED) is 0.673. The van der Waals surface area contributed by atoms with Crippen LogP contribution in [-0.2, 0) is 12.3 Å². The summed E-state index contributed by atoms with van der Waals surface area (Å²) in [6.07, 6.45) is 0. The molecule has 0 saturated carbocycles. The van der Waals surface area contributed by atoms with E-state index in [4.69, 9.17) is 11.6 Å². The van der Waals surface area contributed by atoms with Gasteiger partial charge >= 0.3 is 0 Å². The lowest BCUT2D eigenvalue weighted by atomic mass is 10.2. The van der Waals surface area contributed by atoms with Crippen molar-refractivity contribution in [1.82, 2.24) is 5.32 Å². The van der Waals surface area contributed by atoms with Crippen molar-refractivity contribution in [1.29, 1.82) is 0 Å². The number of hydrogen-bond donors (Lipinski definition) is 1. The predicted octanol–water partition coefficient (Wildman–Crippen LogP) is 5.50. The van der Waals surface area contributed by atoms with E-state index in [1.165, 1.54) is 16.0 Å². The third-order valence-corrected chi connectivity index (χ3v) is 5.33. The van der Waals surface area contributed by atoms with Crippen LogP contribution in [0.3, 0.4) is 0 Å². The van der Waals surface area contributed by atoms with Crippen molar-refractivity contribution >= 4 is 39.3 Å². The van der Waals surface area contributed by atoms with Crippen LogP contribution in [0.5, 0.6) is 0 Å². The molecule has 0 radical (unpaired) electrons. The Hall–Kier alpha value is -0.480. The Labute approximate surface area is 138 Å². The van der Waals surface area contributed by atoms with Crippen LogP contribution in [0.25, 0.3) is 0 Å². The highest BCUT2D eigenvalue weighted by molar-refractivity contribution is 9.10. The fraction of sp³-hybridized carbons (Fsp3) is 0.250. The van der Waals surface area contributed by atoms with Crippen molar-refractivity contribution in [2.24, 2.45) is 0 Å². The van der Waals surface area contributed by atoms with Crippen LogP contribution in [-0.4, -0.2) is 6.54 Å². The first kappa shape index (κ1) is 15.9. The van der Waals surface area contributed by atoms with Gasteiger partial charge in [-0.2, -0.15) is 0 Å². The molecule has 0 bridgehead atoms. The molecular weight excluding hydrogens is 354 g/mol. The first-order valence-electron chi connectivity index (χ1n) is 6.56. The first-order chi connectivity index (χ1) is 9.70. The molecule has 20 heavy (non-hydrogen) atoms. The van der Waals surface area contributed by atoms with Crippen LogP contribution in [0, 0.1) is 0 Å². The molecule has 0 atom stereocenters. The predicted molar refractivity (Wildman–Crippen MR) is 92.5 cm³/mol. The van der Waals surface area contributed by atoms with Gasteiger partial charge in [-0.3, -0.25) is 0 Å². The van der Waals surface area contributed by atoms with Crippen molar-refractivity contribution in [3.05, 3.63) is 63.1 Å². The summed E-state index contributed by atoms with van der Waals surface area (Å²) in [6, 6.07) is 14.5. The van der Waals surface area contributed by atoms with Gasteiger partial charge in [0.05, 0.1) is 0 Å². The summed E-state index contributed by atoms with van der Waals surface area (Å²) in [5, 5.41) is 4.16. The molecule has 2 aromatic rings. The van der Waals surface area contributed by atoms with E-state index in [1.54, 1.807) is 11.8 Å². The largest absolute Gasteiger partial charge is 0.313 e. The van der Waals surface area contributed by atoms with Gasteiger partial charge in [0.2, 0.25) is 0 Å². The SMILES string of the molecule is CCNCc1ccc(SCc2ccccc2Cl)c(Br)c1. The minimum Gasteiger partial charge on any atom is -0.313 e. The number of hydrogen-bond acceptors (Lipinski definition) is 2. The van der Waals surface area contributed by atoms with Gasteiger partial charge in [-0.1, -0.05) is 42.8 Å². The molecule has 0 aliphatic carbocycles. The van der Waals surface area contributed by atoms with E-state index >= 15 is 0 Å². The maximum Gasteiger partial charge on any atom is 0.0446 e. The Morgan fingerprint density at radius 1 is 1.20 bits per heavy atom. The lowest BCUT2D eigenvalue weighted by molar-refractivity contribution is 0.726. The van der Waals surface area contributed by atoms with Gasteiger partial charge < -0.3 is 5.32 Å². The van der Waals surface area contributed by atoms with Crippen molar-refractivity contribution in [2.75, 3.05) is 6.54 Å². The summed E-state index contributed by atoms with van der Waals surface area (Å²) >= 11 is 11.6. The van der Waals surface area contributed by atoms with E-state index in [9.17, 15) is 0 Å². The van der Waals surface area contributed by atoms with Crippen LogP contribution in [0.1, 0.15) is 18.1 Å². The Morgan fingerprint density at radius 2 is 2.00 bits per heavy atom. The molecule has 2 rings (SSSR count). The van der Waals surface area contributed by atoms with Gasteiger partial charge in [0, 0.05) is 26.7 Å². The summed E-state index contributed by atoms with van der Waals surface area (Å²) in [5.74, 6) is 0.880. The minimum atomic E-state index is 0.833. The van der Waals surface area contributed by atoms with Gasteiger partial charge in [-0.25, -0.2) is 0 Å². The summed E-state index contributed by atoms with van der Waals surface area (Å²) in [4.78, 5) is 1.24. The van der Waals surface area contributed by atoms with E-state index in [-0.39, 0.29) is 0 Å².